The number of rotatable bonds is 6. The van der Waals surface area contributed by atoms with E-state index in [0.29, 0.717) is 6.42 Å². The van der Waals surface area contributed by atoms with Gasteiger partial charge in [-0.2, -0.15) is 0 Å². The summed E-state index contributed by atoms with van der Waals surface area (Å²) in [6, 6.07) is 14.9. The maximum Gasteiger partial charge on any atom is 0.319 e. The number of aryl methyl sites for hydroxylation is 1. The molecule has 0 saturated heterocycles. The molecule has 0 radical (unpaired) electrons. The monoisotopic (exact) mass is 327 g/mol. The molecule has 3 N–H and O–H groups in total. The number of nitrogens with one attached hydrogen (secondary N) is 2. The lowest BCUT2D eigenvalue weighted by Gasteiger charge is -2.19. The molecule has 0 fully saturated rings. The van der Waals surface area contributed by atoms with Crippen molar-refractivity contribution in [2.75, 3.05) is 30.9 Å². The van der Waals surface area contributed by atoms with E-state index in [0.717, 1.165) is 22.5 Å². The number of carbonyl (C=O) groups is 1. The van der Waals surface area contributed by atoms with Crippen LogP contribution in [0.3, 0.4) is 0 Å². The first-order chi connectivity index (χ1) is 11.5. The Morgan fingerprint density at radius 1 is 1.17 bits per heavy atom. The van der Waals surface area contributed by atoms with E-state index in [2.05, 4.69) is 10.6 Å². The van der Waals surface area contributed by atoms with Crippen LogP contribution >= 0.6 is 0 Å². The Morgan fingerprint density at radius 3 is 2.46 bits per heavy atom. The normalized spacial score (nSPS) is 11.7. The lowest BCUT2D eigenvalue weighted by Crippen LogP contribution is -2.41. The zero-order valence-corrected chi connectivity index (χ0v) is 14.4. The number of urea groups is 1. The molecule has 0 aliphatic carbocycles. The van der Waals surface area contributed by atoms with E-state index >= 15 is 0 Å². The van der Waals surface area contributed by atoms with Gasteiger partial charge in [-0.25, -0.2) is 4.79 Å². The molecule has 0 heterocycles. The van der Waals surface area contributed by atoms with Crippen molar-refractivity contribution in [3.05, 3.63) is 59.7 Å². The molecule has 1 atom stereocenters. The van der Waals surface area contributed by atoms with E-state index in [1.54, 1.807) is 0 Å². The molecular formula is C19H25N3O2. The van der Waals surface area contributed by atoms with E-state index in [1.165, 1.54) is 0 Å². The summed E-state index contributed by atoms with van der Waals surface area (Å²) in [5, 5.41) is 15.1. The van der Waals surface area contributed by atoms with Crippen LogP contribution in [-0.4, -0.2) is 37.9 Å². The number of hydrogen-bond acceptors (Lipinski definition) is 3. The maximum atomic E-state index is 12.2. The second kappa shape index (κ2) is 8.36. The fourth-order valence-electron chi connectivity index (χ4n) is 2.65. The van der Waals surface area contributed by atoms with E-state index in [1.807, 2.05) is 74.4 Å². The summed E-state index contributed by atoms with van der Waals surface area (Å²) in [5.74, 6) is 0. The molecule has 1 unspecified atom stereocenters. The standard InChI is InChI=1S/C19H25N3O2/c1-14-11-16(9-10-18(14)22(2)3)20-19(24)21-17(13-23)12-15-7-5-4-6-8-15/h4-11,17,23H,12-13H2,1-3H3,(H2,20,21,24). The summed E-state index contributed by atoms with van der Waals surface area (Å²) < 4.78 is 0. The Morgan fingerprint density at radius 2 is 1.88 bits per heavy atom. The van der Waals surface area contributed by atoms with Crippen LogP contribution in [0.2, 0.25) is 0 Å². The average Bonchev–Trinajstić information content (AvgIpc) is 2.54. The number of aliphatic hydroxyl groups excluding tert-OH is 1. The number of benzene rings is 2. The van der Waals surface area contributed by atoms with Gasteiger partial charge in [0, 0.05) is 25.5 Å². The number of hydrogen-bond donors (Lipinski definition) is 3. The SMILES string of the molecule is Cc1cc(NC(=O)NC(CO)Cc2ccccc2)ccc1N(C)C. The minimum absolute atomic E-state index is 0.110. The van der Waals surface area contributed by atoms with Gasteiger partial charge in [0.05, 0.1) is 12.6 Å². The van der Waals surface area contributed by atoms with Crippen molar-refractivity contribution in [1.29, 1.82) is 0 Å². The molecule has 0 aromatic heterocycles. The van der Waals surface area contributed by atoms with Gasteiger partial charge in [0.15, 0.2) is 0 Å². The highest BCUT2D eigenvalue weighted by Gasteiger charge is 2.12. The van der Waals surface area contributed by atoms with Crippen molar-refractivity contribution in [1.82, 2.24) is 5.32 Å². The van der Waals surface area contributed by atoms with Gasteiger partial charge in [-0.1, -0.05) is 30.3 Å². The Bertz CT molecular complexity index is 672. The zero-order chi connectivity index (χ0) is 17.5. The molecule has 2 rings (SSSR count). The third-order valence-corrected chi connectivity index (χ3v) is 3.82. The molecule has 128 valence electrons. The van der Waals surface area contributed by atoms with Crippen molar-refractivity contribution in [2.24, 2.45) is 0 Å². The highest BCUT2D eigenvalue weighted by atomic mass is 16.3. The predicted molar refractivity (Wildman–Crippen MR) is 98.7 cm³/mol. The summed E-state index contributed by atoms with van der Waals surface area (Å²) >= 11 is 0. The van der Waals surface area contributed by atoms with Gasteiger partial charge < -0.3 is 20.6 Å². The van der Waals surface area contributed by atoms with Gasteiger partial charge in [-0.15, -0.1) is 0 Å². The van der Waals surface area contributed by atoms with Gasteiger partial charge in [0.2, 0.25) is 0 Å². The topological polar surface area (TPSA) is 64.6 Å². The number of anilines is 2. The minimum atomic E-state index is -0.324. The second-order valence-electron chi connectivity index (χ2n) is 6.06. The van der Waals surface area contributed by atoms with Gasteiger partial charge in [-0.05, 0) is 42.7 Å². The molecule has 0 saturated carbocycles. The molecule has 24 heavy (non-hydrogen) atoms. The van der Waals surface area contributed by atoms with Crippen LogP contribution in [0.25, 0.3) is 0 Å². The van der Waals surface area contributed by atoms with Crippen LogP contribution in [-0.2, 0) is 6.42 Å². The van der Waals surface area contributed by atoms with E-state index < -0.39 is 0 Å². The average molecular weight is 327 g/mol. The first-order valence-corrected chi connectivity index (χ1v) is 8.00. The van der Waals surface area contributed by atoms with Crippen LogP contribution in [0.1, 0.15) is 11.1 Å². The third-order valence-electron chi connectivity index (χ3n) is 3.82. The van der Waals surface area contributed by atoms with Crippen LogP contribution in [0.4, 0.5) is 16.2 Å². The maximum absolute atomic E-state index is 12.2. The number of nitrogens with zero attached hydrogens (tertiary/aromatic N) is 1. The van der Waals surface area contributed by atoms with Crippen molar-refractivity contribution in [3.63, 3.8) is 0 Å². The number of aliphatic hydroxyl groups is 1. The zero-order valence-electron chi connectivity index (χ0n) is 14.4. The third kappa shape index (κ3) is 4.99. The Labute approximate surface area is 143 Å². The van der Waals surface area contributed by atoms with E-state index in [4.69, 9.17) is 0 Å². The van der Waals surface area contributed by atoms with Gasteiger partial charge in [-0.3, -0.25) is 0 Å². The van der Waals surface area contributed by atoms with Crippen molar-refractivity contribution in [3.8, 4) is 0 Å². The number of carbonyl (C=O) groups excluding carboxylic acids is 1. The van der Waals surface area contributed by atoms with Gasteiger partial charge in [0.25, 0.3) is 0 Å². The van der Waals surface area contributed by atoms with Crippen LogP contribution in [0, 0.1) is 6.92 Å². The summed E-state index contributed by atoms with van der Waals surface area (Å²) in [7, 11) is 3.97. The largest absolute Gasteiger partial charge is 0.394 e. The molecule has 0 aliphatic heterocycles. The van der Waals surface area contributed by atoms with E-state index in [-0.39, 0.29) is 18.7 Å². The lowest BCUT2D eigenvalue weighted by atomic mass is 10.1. The van der Waals surface area contributed by atoms with Crippen LogP contribution in [0.5, 0.6) is 0 Å². The molecule has 2 amide bonds. The van der Waals surface area contributed by atoms with Crippen molar-refractivity contribution in [2.45, 2.75) is 19.4 Å². The Kier molecular flexibility index (Phi) is 6.21. The highest BCUT2D eigenvalue weighted by Crippen LogP contribution is 2.21. The summed E-state index contributed by atoms with van der Waals surface area (Å²) in [6.07, 6.45) is 0.587. The molecule has 2 aromatic carbocycles. The van der Waals surface area contributed by atoms with Crippen molar-refractivity contribution >= 4 is 17.4 Å². The quantitative estimate of drug-likeness (QED) is 0.764. The fraction of sp³-hybridized carbons (Fsp3) is 0.316. The lowest BCUT2D eigenvalue weighted by molar-refractivity contribution is 0.224. The Hall–Kier alpha value is -2.53. The van der Waals surface area contributed by atoms with Gasteiger partial charge >= 0.3 is 6.03 Å². The summed E-state index contributed by atoms with van der Waals surface area (Å²) in [5.41, 5.74) is 3.99. The molecule has 0 bridgehead atoms. The van der Waals surface area contributed by atoms with Crippen LogP contribution < -0.4 is 15.5 Å². The first kappa shape index (κ1) is 17.8. The second-order valence-corrected chi connectivity index (χ2v) is 6.06. The first-order valence-electron chi connectivity index (χ1n) is 8.00. The molecule has 2 aromatic rings. The molecule has 0 spiro atoms. The molecular weight excluding hydrogens is 302 g/mol. The fourth-order valence-corrected chi connectivity index (χ4v) is 2.65. The summed E-state index contributed by atoms with van der Waals surface area (Å²) in [6.45, 7) is 1.89. The van der Waals surface area contributed by atoms with Crippen LogP contribution in [0.15, 0.2) is 48.5 Å². The number of amides is 2. The van der Waals surface area contributed by atoms with E-state index in [9.17, 15) is 9.90 Å². The van der Waals surface area contributed by atoms with Crippen molar-refractivity contribution < 1.29 is 9.90 Å². The molecule has 5 nitrogen and oxygen atoms in total. The smallest absolute Gasteiger partial charge is 0.319 e. The minimum Gasteiger partial charge on any atom is -0.394 e. The predicted octanol–water partition coefficient (Wildman–Crippen LogP) is 2.79. The molecule has 5 heteroatoms. The van der Waals surface area contributed by atoms with Gasteiger partial charge in [0.1, 0.15) is 0 Å². The highest BCUT2D eigenvalue weighted by molar-refractivity contribution is 5.90. The summed E-state index contributed by atoms with van der Waals surface area (Å²) in [4.78, 5) is 14.2. The molecule has 0 aliphatic rings. The Balaban J connectivity index is 1.95.